The quantitative estimate of drug-likeness (QED) is 0.838. The van der Waals surface area contributed by atoms with Crippen molar-refractivity contribution in [2.45, 2.75) is 25.8 Å². The Kier molecular flexibility index (Phi) is 4.65. The van der Waals surface area contributed by atoms with Crippen molar-refractivity contribution >= 4 is 11.9 Å². The lowest BCUT2D eigenvalue weighted by Crippen LogP contribution is -2.29. The molecule has 1 heterocycles. The van der Waals surface area contributed by atoms with E-state index in [-0.39, 0.29) is 18.7 Å². The second-order valence-electron chi connectivity index (χ2n) is 4.51. The molecule has 7 heteroatoms. The predicted molar refractivity (Wildman–Crippen MR) is 72.6 cm³/mol. The molecule has 0 saturated heterocycles. The number of nitrogens with one attached hydrogen (secondary N) is 1. The Morgan fingerprint density at radius 3 is 2.62 bits per heavy atom. The van der Waals surface area contributed by atoms with Crippen molar-refractivity contribution in [1.82, 2.24) is 15.5 Å². The van der Waals surface area contributed by atoms with E-state index in [0.717, 1.165) is 5.56 Å². The number of aromatic nitrogens is 2. The van der Waals surface area contributed by atoms with Crippen LogP contribution in [-0.2, 0) is 4.79 Å². The molecular weight excluding hydrogens is 274 g/mol. The lowest BCUT2D eigenvalue weighted by Gasteiger charge is -2.17. The zero-order chi connectivity index (χ0) is 15.2. The van der Waals surface area contributed by atoms with Crippen LogP contribution in [0.2, 0.25) is 0 Å². The molecule has 1 aromatic heterocycles. The van der Waals surface area contributed by atoms with Crippen LogP contribution in [0.5, 0.6) is 0 Å². The molecule has 2 N–H and O–H groups in total. The molecule has 1 unspecified atom stereocenters. The summed E-state index contributed by atoms with van der Waals surface area (Å²) in [5.74, 6) is -1.18. The van der Waals surface area contributed by atoms with E-state index in [9.17, 15) is 9.59 Å². The van der Waals surface area contributed by atoms with Crippen molar-refractivity contribution < 1.29 is 19.2 Å². The number of aliphatic carboxylic acids is 1. The number of carbonyl (C=O) groups excluding carboxylic acids is 1. The molecule has 0 fully saturated rings. The van der Waals surface area contributed by atoms with Crippen molar-refractivity contribution in [3.8, 4) is 0 Å². The summed E-state index contributed by atoms with van der Waals surface area (Å²) in [6, 6.07) is 8.74. The van der Waals surface area contributed by atoms with E-state index in [1.165, 1.54) is 0 Å². The standard InChI is InChI=1S/C14H15N3O4/c1-9-15-13(17-21-9)14(20)16-11(7-8-12(18)19)10-5-3-2-4-6-10/h2-6,11H,7-8H2,1H3,(H,16,20)(H,18,19). The molecule has 1 amide bonds. The number of aryl methyl sites for hydroxylation is 1. The molecule has 0 aliphatic rings. The van der Waals surface area contributed by atoms with Gasteiger partial charge in [-0.3, -0.25) is 9.59 Å². The number of nitrogens with zero attached hydrogens (tertiary/aromatic N) is 2. The van der Waals surface area contributed by atoms with E-state index in [4.69, 9.17) is 9.63 Å². The molecular formula is C14H15N3O4. The third-order valence-electron chi connectivity index (χ3n) is 2.88. The smallest absolute Gasteiger partial charge is 0.303 e. The SMILES string of the molecule is Cc1nc(C(=O)NC(CCC(=O)O)c2ccccc2)no1. The fourth-order valence-electron chi connectivity index (χ4n) is 1.89. The number of carbonyl (C=O) groups is 2. The van der Waals surface area contributed by atoms with Crippen LogP contribution < -0.4 is 5.32 Å². The summed E-state index contributed by atoms with van der Waals surface area (Å²) >= 11 is 0. The van der Waals surface area contributed by atoms with Gasteiger partial charge < -0.3 is 14.9 Å². The van der Waals surface area contributed by atoms with Crippen molar-refractivity contribution in [2.75, 3.05) is 0 Å². The average molecular weight is 289 g/mol. The maximum Gasteiger partial charge on any atom is 0.303 e. The highest BCUT2D eigenvalue weighted by Gasteiger charge is 2.20. The van der Waals surface area contributed by atoms with Gasteiger partial charge in [0.05, 0.1) is 6.04 Å². The average Bonchev–Trinajstić information content (AvgIpc) is 2.90. The van der Waals surface area contributed by atoms with Gasteiger partial charge in [0.25, 0.3) is 11.7 Å². The second-order valence-corrected chi connectivity index (χ2v) is 4.51. The highest BCUT2D eigenvalue weighted by molar-refractivity contribution is 5.90. The van der Waals surface area contributed by atoms with Crippen molar-refractivity contribution in [3.05, 3.63) is 47.6 Å². The fraction of sp³-hybridized carbons (Fsp3) is 0.286. The van der Waals surface area contributed by atoms with Crippen molar-refractivity contribution in [2.24, 2.45) is 0 Å². The summed E-state index contributed by atoms with van der Waals surface area (Å²) in [5, 5.41) is 15.1. The second kappa shape index (κ2) is 6.65. The van der Waals surface area contributed by atoms with Gasteiger partial charge in [-0.1, -0.05) is 35.5 Å². The van der Waals surface area contributed by atoms with E-state index in [0.29, 0.717) is 5.89 Å². The highest BCUT2D eigenvalue weighted by Crippen LogP contribution is 2.18. The summed E-state index contributed by atoms with van der Waals surface area (Å²) in [5.41, 5.74) is 0.826. The van der Waals surface area contributed by atoms with Gasteiger partial charge in [-0.25, -0.2) is 0 Å². The highest BCUT2D eigenvalue weighted by atomic mass is 16.5. The van der Waals surface area contributed by atoms with Gasteiger partial charge in [0.2, 0.25) is 5.89 Å². The Balaban J connectivity index is 2.12. The van der Waals surface area contributed by atoms with Crippen LogP contribution in [0, 0.1) is 6.92 Å². The molecule has 7 nitrogen and oxygen atoms in total. The summed E-state index contributed by atoms with van der Waals surface area (Å²) in [6.07, 6.45) is 0.229. The van der Waals surface area contributed by atoms with Crippen LogP contribution >= 0.6 is 0 Å². The van der Waals surface area contributed by atoms with Gasteiger partial charge >= 0.3 is 5.97 Å². The molecule has 2 rings (SSSR count). The first-order valence-corrected chi connectivity index (χ1v) is 6.44. The Labute approximate surface area is 121 Å². The molecule has 1 atom stereocenters. The normalized spacial score (nSPS) is 11.9. The van der Waals surface area contributed by atoms with Crippen LogP contribution in [0.4, 0.5) is 0 Å². The number of rotatable bonds is 6. The third-order valence-corrected chi connectivity index (χ3v) is 2.88. The van der Waals surface area contributed by atoms with Crippen LogP contribution in [0.25, 0.3) is 0 Å². The number of amides is 1. The molecule has 0 spiro atoms. The van der Waals surface area contributed by atoms with Gasteiger partial charge in [0.1, 0.15) is 0 Å². The van der Waals surface area contributed by atoms with Crippen LogP contribution in [0.3, 0.4) is 0 Å². The molecule has 0 bridgehead atoms. The molecule has 0 radical (unpaired) electrons. The molecule has 0 saturated carbocycles. The van der Waals surface area contributed by atoms with Gasteiger partial charge in [-0.2, -0.15) is 4.98 Å². The number of hydrogen-bond acceptors (Lipinski definition) is 5. The number of benzene rings is 1. The number of carboxylic acid groups (broad SMARTS) is 1. The Hall–Kier alpha value is -2.70. The zero-order valence-corrected chi connectivity index (χ0v) is 11.4. The Morgan fingerprint density at radius 2 is 2.05 bits per heavy atom. The van der Waals surface area contributed by atoms with Gasteiger partial charge in [-0.05, 0) is 12.0 Å². The van der Waals surface area contributed by atoms with E-state index in [2.05, 4.69) is 15.5 Å². The zero-order valence-electron chi connectivity index (χ0n) is 11.4. The topological polar surface area (TPSA) is 105 Å². The maximum absolute atomic E-state index is 12.0. The predicted octanol–water partition coefficient (Wildman–Crippen LogP) is 1.71. The minimum absolute atomic E-state index is 0.0505. The molecule has 2 aromatic rings. The Morgan fingerprint density at radius 1 is 1.33 bits per heavy atom. The van der Waals surface area contributed by atoms with Crippen molar-refractivity contribution in [3.63, 3.8) is 0 Å². The first-order chi connectivity index (χ1) is 10.1. The molecule has 21 heavy (non-hydrogen) atoms. The summed E-state index contributed by atoms with van der Waals surface area (Å²) < 4.78 is 4.76. The lowest BCUT2D eigenvalue weighted by molar-refractivity contribution is -0.137. The monoisotopic (exact) mass is 289 g/mol. The maximum atomic E-state index is 12.0. The Bertz CT molecular complexity index is 624. The van der Waals surface area contributed by atoms with Crippen LogP contribution in [0.15, 0.2) is 34.9 Å². The fourth-order valence-corrected chi connectivity index (χ4v) is 1.89. The van der Waals surface area contributed by atoms with Crippen LogP contribution in [-0.4, -0.2) is 27.1 Å². The minimum Gasteiger partial charge on any atom is -0.481 e. The first kappa shape index (κ1) is 14.7. The van der Waals surface area contributed by atoms with Crippen LogP contribution in [0.1, 0.15) is 41.0 Å². The van der Waals surface area contributed by atoms with E-state index >= 15 is 0 Å². The molecule has 0 aliphatic carbocycles. The molecule has 110 valence electrons. The largest absolute Gasteiger partial charge is 0.481 e. The summed E-state index contributed by atoms with van der Waals surface area (Å²) in [7, 11) is 0. The minimum atomic E-state index is -0.916. The summed E-state index contributed by atoms with van der Waals surface area (Å²) in [4.78, 5) is 26.6. The van der Waals surface area contributed by atoms with Gasteiger partial charge in [0.15, 0.2) is 0 Å². The van der Waals surface area contributed by atoms with E-state index in [1.807, 2.05) is 30.3 Å². The lowest BCUT2D eigenvalue weighted by atomic mass is 10.0. The van der Waals surface area contributed by atoms with Crippen molar-refractivity contribution in [1.29, 1.82) is 0 Å². The van der Waals surface area contributed by atoms with E-state index < -0.39 is 17.9 Å². The first-order valence-electron chi connectivity index (χ1n) is 6.44. The summed E-state index contributed by atoms with van der Waals surface area (Å²) in [6.45, 7) is 1.59. The third kappa shape index (κ3) is 4.13. The van der Waals surface area contributed by atoms with Gasteiger partial charge in [-0.15, -0.1) is 0 Å². The molecule has 1 aromatic carbocycles. The number of hydrogen-bond donors (Lipinski definition) is 2. The van der Waals surface area contributed by atoms with Gasteiger partial charge in [0, 0.05) is 13.3 Å². The number of carboxylic acids is 1. The van der Waals surface area contributed by atoms with E-state index in [1.54, 1.807) is 6.92 Å². The molecule has 0 aliphatic heterocycles.